The standard InChI is InChI=1S/C17H21N11O5S3/c1-27-17(22-25-26-27)35-6-7-5-34-14-9(13(30)28(14)10(7)15(31)32)20-12(29)8(23-33-4-2-3-18)11-21-16(19)36-24-11/h9,14H,2-6,18H2,1H3,(H,20,29)(H,31,32)(H2,19,21,24)/t9?,14-/m0/s1. The summed E-state index contributed by atoms with van der Waals surface area (Å²) < 4.78 is 5.45. The van der Waals surface area contributed by atoms with Crippen molar-refractivity contribution in [1.29, 1.82) is 0 Å². The first-order chi connectivity index (χ1) is 17.3. The van der Waals surface area contributed by atoms with Gasteiger partial charge in [0.25, 0.3) is 11.8 Å². The molecule has 1 fully saturated rings. The van der Waals surface area contributed by atoms with Crippen LogP contribution >= 0.6 is 35.1 Å². The second-order valence-corrected chi connectivity index (χ2v) is 10.2. The number of carbonyl (C=O) groups is 3. The Morgan fingerprint density at radius 1 is 1.42 bits per heavy atom. The minimum Gasteiger partial charge on any atom is -0.477 e. The second kappa shape index (κ2) is 11.2. The molecule has 2 aliphatic heterocycles. The lowest BCUT2D eigenvalue weighted by Gasteiger charge is -2.49. The van der Waals surface area contributed by atoms with Crippen LogP contribution in [0.1, 0.15) is 12.2 Å². The molecular weight excluding hydrogens is 534 g/mol. The largest absolute Gasteiger partial charge is 0.477 e. The predicted molar refractivity (Wildman–Crippen MR) is 130 cm³/mol. The molecule has 2 aromatic rings. The van der Waals surface area contributed by atoms with Gasteiger partial charge in [-0.1, -0.05) is 16.9 Å². The van der Waals surface area contributed by atoms with Gasteiger partial charge < -0.3 is 26.7 Å². The van der Waals surface area contributed by atoms with E-state index in [2.05, 4.69) is 35.4 Å². The summed E-state index contributed by atoms with van der Waals surface area (Å²) in [5, 5.41) is 27.4. The van der Waals surface area contributed by atoms with Crippen LogP contribution in [-0.2, 0) is 26.3 Å². The van der Waals surface area contributed by atoms with E-state index in [0.29, 0.717) is 29.4 Å². The van der Waals surface area contributed by atoms with Crippen molar-refractivity contribution in [1.82, 2.24) is 39.8 Å². The third-order valence-electron chi connectivity index (χ3n) is 4.96. The van der Waals surface area contributed by atoms with E-state index in [4.69, 9.17) is 16.3 Å². The van der Waals surface area contributed by atoms with Gasteiger partial charge in [0.2, 0.25) is 16.7 Å². The van der Waals surface area contributed by atoms with E-state index in [1.807, 2.05) is 0 Å². The Hall–Kier alpha value is -3.29. The number of nitrogens with one attached hydrogen (secondary N) is 1. The summed E-state index contributed by atoms with van der Waals surface area (Å²) in [5.41, 5.74) is 11.2. The van der Waals surface area contributed by atoms with Crippen LogP contribution in [0, 0.1) is 0 Å². The van der Waals surface area contributed by atoms with Crippen LogP contribution in [0.2, 0.25) is 0 Å². The topological polar surface area (TPSA) is 230 Å². The van der Waals surface area contributed by atoms with E-state index in [9.17, 15) is 19.5 Å². The number of carboxylic acids is 1. The Morgan fingerprint density at radius 2 is 2.22 bits per heavy atom. The molecule has 0 bridgehead atoms. The first-order valence-corrected chi connectivity index (χ1v) is 13.2. The van der Waals surface area contributed by atoms with Gasteiger partial charge in [-0.25, -0.2) is 9.48 Å². The summed E-state index contributed by atoms with van der Waals surface area (Å²) in [4.78, 5) is 48.3. The van der Waals surface area contributed by atoms with Crippen molar-refractivity contribution >= 4 is 63.7 Å². The molecule has 2 amide bonds. The number of amides is 2. The number of carbonyl (C=O) groups excluding carboxylic acids is 2. The number of rotatable bonds is 11. The molecule has 2 atom stereocenters. The van der Waals surface area contributed by atoms with Gasteiger partial charge in [-0.15, -0.1) is 16.9 Å². The molecule has 192 valence electrons. The number of β-lactam (4-membered cyclic amide) rings is 1. The summed E-state index contributed by atoms with van der Waals surface area (Å²) in [6.45, 7) is 0.541. The molecule has 6 N–H and O–H groups in total. The zero-order valence-corrected chi connectivity index (χ0v) is 21.2. The fourth-order valence-electron chi connectivity index (χ4n) is 3.27. The van der Waals surface area contributed by atoms with Crippen molar-refractivity contribution in [2.75, 3.05) is 30.4 Å². The van der Waals surface area contributed by atoms with Gasteiger partial charge in [0, 0.05) is 30.1 Å². The van der Waals surface area contributed by atoms with Crippen molar-refractivity contribution < 1.29 is 24.3 Å². The number of thioether (sulfide) groups is 2. The Labute approximate surface area is 216 Å². The number of hydrogen-bond acceptors (Lipinski definition) is 15. The normalized spacial score (nSPS) is 19.7. The van der Waals surface area contributed by atoms with E-state index < -0.39 is 29.2 Å². The fraction of sp³-hybridized carbons (Fsp3) is 0.471. The number of fused-ring (bicyclic) bond motifs is 1. The lowest BCUT2D eigenvalue weighted by molar-refractivity contribution is -0.150. The highest BCUT2D eigenvalue weighted by atomic mass is 32.2. The number of aromatic nitrogens is 6. The molecule has 2 aromatic heterocycles. The van der Waals surface area contributed by atoms with E-state index in [1.165, 1.54) is 33.1 Å². The Morgan fingerprint density at radius 3 is 2.86 bits per heavy atom. The number of carboxylic acid groups (broad SMARTS) is 1. The van der Waals surface area contributed by atoms with E-state index in [1.54, 1.807) is 7.05 Å². The number of aryl methyl sites for hydroxylation is 1. The SMILES string of the molecule is Cn1nnnc1SCC1=C(C(=O)O)N2C(=O)C(NC(=O)C(=NOCCCN)c3nsc(N)n3)[C@@H]2SC1. The smallest absolute Gasteiger partial charge is 0.352 e. The molecule has 0 aromatic carbocycles. The average Bonchev–Trinajstić information content (AvgIpc) is 3.47. The first kappa shape index (κ1) is 25.8. The summed E-state index contributed by atoms with van der Waals surface area (Å²) >= 11 is 3.47. The predicted octanol–water partition coefficient (Wildman–Crippen LogP) is -1.76. The molecule has 4 rings (SSSR count). The number of nitrogens with zero attached hydrogens (tertiary/aromatic N) is 8. The molecule has 4 heterocycles. The fourth-order valence-corrected chi connectivity index (χ4v) is 6.04. The van der Waals surface area contributed by atoms with Crippen LogP contribution in [0.25, 0.3) is 0 Å². The van der Waals surface area contributed by atoms with Crippen molar-refractivity contribution in [2.45, 2.75) is 23.0 Å². The summed E-state index contributed by atoms with van der Waals surface area (Å²) in [6, 6.07) is -0.973. The third kappa shape index (κ3) is 5.27. The van der Waals surface area contributed by atoms with E-state index >= 15 is 0 Å². The first-order valence-electron chi connectivity index (χ1n) is 10.4. The second-order valence-electron chi connectivity index (χ2n) is 7.36. The minimum absolute atomic E-state index is 0.0497. The minimum atomic E-state index is -1.23. The average molecular weight is 556 g/mol. The van der Waals surface area contributed by atoms with Gasteiger partial charge in [0.1, 0.15) is 23.7 Å². The molecule has 19 heteroatoms. The summed E-state index contributed by atoms with van der Waals surface area (Å²) in [7, 11) is 1.67. The highest BCUT2D eigenvalue weighted by Gasteiger charge is 2.54. The maximum atomic E-state index is 13.0. The quantitative estimate of drug-likeness (QED) is 0.0792. The van der Waals surface area contributed by atoms with Crippen LogP contribution in [0.4, 0.5) is 5.13 Å². The van der Waals surface area contributed by atoms with Crippen LogP contribution in [-0.4, -0.2) is 99.1 Å². The molecule has 36 heavy (non-hydrogen) atoms. The Kier molecular flexibility index (Phi) is 8.01. The highest BCUT2D eigenvalue weighted by molar-refractivity contribution is 8.01. The van der Waals surface area contributed by atoms with Gasteiger partial charge in [0.05, 0.1) is 0 Å². The monoisotopic (exact) mass is 555 g/mol. The van der Waals surface area contributed by atoms with Crippen molar-refractivity contribution in [3.63, 3.8) is 0 Å². The van der Waals surface area contributed by atoms with Gasteiger partial charge in [-0.05, 0) is 29.0 Å². The Bertz CT molecular complexity index is 1230. The molecular formula is C17H21N11O5S3. The molecule has 2 aliphatic rings. The van der Waals surface area contributed by atoms with Crippen LogP contribution < -0.4 is 16.8 Å². The summed E-state index contributed by atoms with van der Waals surface area (Å²) in [6.07, 6.45) is 0.512. The zero-order valence-electron chi connectivity index (χ0n) is 18.7. The molecule has 0 aliphatic carbocycles. The lowest BCUT2D eigenvalue weighted by atomic mass is 10.0. The number of anilines is 1. The third-order valence-corrected chi connectivity index (χ3v) is 7.94. The Balaban J connectivity index is 1.48. The molecule has 0 spiro atoms. The molecule has 1 saturated heterocycles. The van der Waals surface area contributed by atoms with Gasteiger partial charge in [0.15, 0.2) is 5.13 Å². The van der Waals surface area contributed by atoms with Gasteiger partial charge in [-0.3, -0.25) is 14.5 Å². The maximum Gasteiger partial charge on any atom is 0.352 e. The number of nitrogens with two attached hydrogens (primary N) is 2. The number of aliphatic carboxylic acids is 1. The van der Waals surface area contributed by atoms with E-state index in [0.717, 1.165) is 11.5 Å². The molecule has 0 radical (unpaired) electrons. The lowest BCUT2D eigenvalue weighted by Crippen LogP contribution is -2.71. The zero-order chi connectivity index (χ0) is 25.8. The number of tetrazole rings is 1. The molecule has 0 saturated carbocycles. The van der Waals surface area contributed by atoms with Crippen LogP contribution in [0.15, 0.2) is 21.6 Å². The van der Waals surface area contributed by atoms with Crippen molar-refractivity contribution in [3.8, 4) is 0 Å². The van der Waals surface area contributed by atoms with E-state index in [-0.39, 0.29) is 34.7 Å². The number of hydrogen-bond donors (Lipinski definition) is 4. The number of oxime groups is 1. The summed E-state index contributed by atoms with van der Waals surface area (Å²) in [5.74, 6) is -1.97. The van der Waals surface area contributed by atoms with Gasteiger partial charge in [-0.2, -0.15) is 9.36 Å². The van der Waals surface area contributed by atoms with Crippen LogP contribution in [0.5, 0.6) is 0 Å². The maximum absolute atomic E-state index is 13.0. The van der Waals surface area contributed by atoms with Crippen LogP contribution in [0.3, 0.4) is 0 Å². The van der Waals surface area contributed by atoms with Crippen molar-refractivity contribution in [2.24, 2.45) is 17.9 Å². The number of nitrogen functional groups attached to an aromatic ring is 1. The molecule has 1 unspecified atom stereocenters. The molecule has 16 nitrogen and oxygen atoms in total. The van der Waals surface area contributed by atoms with Gasteiger partial charge >= 0.3 is 5.97 Å². The highest BCUT2D eigenvalue weighted by Crippen LogP contribution is 2.41. The van der Waals surface area contributed by atoms with Crippen molar-refractivity contribution in [3.05, 3.63) is 17.1 Å².